The molecule has 104 valence electrons. The van der Waals surface area contributed by atoms with E-state index in [0.29, 0.717) is 25.9 Å². The van der Waals surface area contributed by atoms with Gasteiger partial charge in [0.05, 0.1) is 6.10 Å². The van der Waals surface area contributed by atoms with Crippen molar-refractivity contribution >= 4 is 5.91 Å². The lowest BCUT2D eigenvalue weighted by Crippen LogP contribution is -2.50. The summed E-state index contributed by atoms with van der Waals surface area (Å²) >= 11 is 0. The molecule has 2 aliphatic rings. The van der Waals surface area contributed by atoms with E-state index in [0.717, 1.165) is 25.7 Å². The van der Waals surface area contributed by atoms with Gasteiger partial charge < -0.3 is 15.7 Å². The summed E-state index contributed by atoms with van der Waals surface area (Å²) in [6.07, 6.45) is 6.43. The first kappa shape index (κ1) is 13.8. The average Bonchev–Trinajstić information content (AvgIpc) is 2.33. The van der Waals surface area contributed by atoms with Crippen LogP contribution in [-0.4, -0.2) is 40.6 Å². The molecule has 4 nitrogen and oxygen atoms in total. The standard InChI is InChI=1S/C14H26N2O2/c1-11-10-16(8-5-12(11)17)13(18)9-14(15)6-3-2-4-7-14/h11-12,17H,2-10,15H2,1H3. The maximum absolute atomic E-state index is 12.3. The van der Waals surface area contributed by atoms with Gasteiger partial charge in [-0.2, -0.15) is 0 Å². The Bertz CT molecular complexity index is 300. The zero-order chi connectivity index (χ0) is 13.2. The first-order chi connectivity index (χ1) is 8.50. The van der Waals surface area contributed by atoms with Crippen LogP contribution in [0.4, 0.5) is 0 Å². The Balaban J connectivity index is 1.87. The van der Waals surface area contributed by atoms with Crippen LogP contribution < -0.4 is 5.73 Å². The molecule has 1 amide bonds. The van der Waals surface area contributed by atoms with Crippen LogP contribution >= 0.6 is 0 Å². The summed E-state index contributed by atoms with van der Waals surface area (Å²) in [5, 5.41) is 9.69. The lowest BCUT2D eigenvalue weighted by Gasteiger charge is -2.38. The summed E-state index contributed by atoms with van der Waals surface area (Å²) in [6.45, 7) is 3.36. The second kappa shape index (κ2) is 5.57. The number of carbonyl (C=O) groups is 1. The van der Waals surface area contributed by atoms with Crippen molar-refractivity contribution < 1.29 is 9.90 Å². The SMILES string of the molecule is CC1CN(C(=O)CC2(N)CCCCC2)CCC1O. The largest absolute Gasteiger partial charge is 0.393 e. The highest BCUT2D eigenvalue weighted by Crippen LogP contribution is 2.30. The van der Waals surface area contributed by atoms with Crippen LogP contribution in [0, 0.1) is 5.92 Å². The molecule has 0 radical (unpaired) electrons. The molecule has 1 aliphatic carbocycles. The van der Waals surface area contributed by atoms with Gasteiger partial charge in [-0.1, -0.05) is 26.2 Å². The summed E-state index contributed by atoms with van der Waals surface area (Å²) in [5.74, 6) is 0.362. The molecule has 0 spiro atoms. The molecule has 2 unspecified atom stereocenters. The van der Waals surface area contributed by atoms with E-state index in [1.54, 1.807) is 0 Å². The highest BCUT2D eigenvalue weighted by molar-refractivity contribution is 5.77. The fraction of sp³-hybridized carbons (Fsp3) is 0.929. The maximum atomic E-state index is 12.3. The van der Waals surface area contributed by atoms with Crippen LogP contribution in [0.25, 0.3) is 0 Å². The van der Waals surface area contributed by atoms with Gasteiger partial charge in [0.25, 0.3) is 0 Å². The van der Waals surface area contributed by atoms with Crippen LogP contribution in [0.2, 0.25) is 0 Å². The fourth-order valence-corrected chi connectivity index (χ4v) is 3.21. The van der Waals surface area contributed by atoms with Crippen LogP contribution in [0.3, 0.4) is 0 Å². The van der Waals surface area contributed by atoms with E-state index in [4.69, 9.17) is 5.73 Å². The number of piperidine rings is 1. The van der Waals surface area contributed by atoms with E-state index in [1.807, 2.05) is 11.8 Å². The molecule has 2 atom stereocenters. The molecular formula is C14H26N2O2. The number of likely N-dealkylation sites (tertiary alicyclic amines) is 1. The van der Waals surface area contributed by atoms with Gasteiger partial charge in [0.1, 0.15) is 0 Å². The number of carbonyl (C=O) groups excluding carboxylic acids is 1. The van der Waals surface area contributed by atoms with E-state index in [2.05, 4.69) is 0 Å². The van der Waals surface area contributed by atoms with Crippen molar-refractivity contribution in [2.45, 2.75) is 63.5 Å². The third kappa shape index (κ3) is 3.23. The van der Waals surface area contributed by atoms with Gasteiger partial charge >= 0.3 is 0 Å². The predicted octanol–water partition coefficient (Wildman–Crippen LogP) is 1.27. The molecule has 1 heterocycles. The summed E-state index contributed by atoms with van der Waals surface area (Å²) in [6, 6.07) is 0. The molecule has 3 N–H and O–H groups in total. The lowest BCUT2D eigenvalue weighted by atomic mass is 9.79. The third-order valence-electron chi connectivity index (χ3n) is 4.57. The van der Waals surface area contributed by atoms with Crippen molar-refractivity contribution in [3.8, 4) is 0 Å². The minimum absolute atomic E-state index is 0.179. The summed E-state index contributed by atoms with van der Waals surface area (Å²) < 4.78 is 0. The van der Waals surface area contributed by atoms with Crippen molar-refractivity contribution in [3.05, 3.63) is 0 Å². The molecule has 18 heavy (non-hydrogen) atoms. The number of amides is 1. The second-order valence-corrected chi connectivity index (χ2v) is 6.27. The molecule has 0 aromatic rings. The smallest absolute Gasteiger partial charge is 0.224 e. The molecule has 0 aromatic carbocycles. The predicted molar refractivity (Wildman–Crippen MR) is 71.0 cm³/mol. The Morgan fingerprint density at radius 2 is 2.06 bits per heavy atom. The number of hydrogen-bond acceptors (Lipinski definition) is 3. The van der Waals surface area contributed by atoms with E-state index < -0.39 is 0 Å². The van der Waals surface area contributed by atoms with Crippen LogP contribution in [0.1, 0.15) is 51.9 Å². The Hall–Kier alpha value is -0.610. The summed E-state index contributed by atoms with van der Waals surface area (Å²) in [4.78, 5) is 14.2. The maximum Gasteiger partial charge on any atom is 0.224 e. The first-order valence-corrected chi connectivity index (χ1v) is 7.25. The van der Waals surface area contributed by atoms with E-state index in [-0.39, 0.29) is 23.5 Å². The van der Waals surface area contributed by atoms with Crippen LogP contribution in [-0.2, 0) is 4.79 Å². The highest BCUT2D eigenvalue weighted by Gasteiger charge is 2.34. The second-order valence-electron chi connectivity index (χ2n) is 6.27. The first-order valence-electron chi connectivity index (χ1n) is 7.25. The van der Waals surface area contributed by atoms with Gasteiger partial charge in [-0.25, -0.2) is 0 Å². The van der Waals surface area contributed by atoms with Crippen molar-refractivity contribution in [1.29, 1.82) is 0 Å². The Morgan fingerprint density at radius 3 is 2.67 bits per heavy atom. The number of aliphatic hydroxyl groups is 1. The molecular weight excluding hydrogens is 228 g/mol. The van der Waals surface area contributed by atoms with Gasteiger partial charge in [0.2, 0.25) is 5.91 Å². The summed E-state index contributed by atoms with van der Waals surface area (Å²) in [7, 11) is 0. The van der Waals surface area contributed by atoms with E-state index in [9.17, 15) is 9.90 Å². The molecule has 0 aromatic heterocycles. The number of nitrogens with zero attached hydrogens (tertiary/aromatic N) is 1. The number of hydrogen-bond donors (Lipinski definition) is 2. The normalized spacial score (nSPS) is 32.3. The third-order valence-corrected chi connectivity index (χ3v) is 4.57. The molecule has 1 saturated heterocycles. The molecule has 1 saturated carbocycles. The fourth-order valence-electron chi connectivity index (χ4n) is 3.21. The lowest BCUT2D eigenvalue weighted by molar-refractivity contribution is -0.136. The number of aliphatic hydroxyl groups excluding tert-OH is 1. The molecule has 2 fully saturated rings. The van der Waals surface area contributed by atoms with Gasteiger partial charge in [-0.05, 0) is 25.2 Å². The van der Waals surface area contributed by atoms with Crippen molar-refractivity contribution in [1.82, 2.24) is 4.90 Å². The molecule has 1 aliphatic heterocycles. The number of nitrogens with two attached hydrogens (primary N) is 1. The molecule has 0 bridgehead atoms. The quantitative estimate of drug-likeness (QED) is 0.780. The van der Waals surface area contributed by atoms with E-state index in [1.165, 1.54) is 6.42 Å². The van der Waals surface area contributed by atoms with Gasteiger partial charge in [0.15, 0.2) is 0 Å². The molecule has 2 rings (SSSR count). The van der Waals surface area contributed by atoms with Crippen molar-refractivity contribution in [2.24, 2.45) is 11.7 Å². The zero-order valence-electron chi connectivity index (χ0n) is 11.4. The van der Waals surface area contributed by atoms with Crippen molar-refractivity contribution in [2.75, 3.05) is 13.1 Å². The topological polar surface area (TPSA) is 66.6 Å². The van der Waals surface area contributed by atoms with Crippen LogP contribution in [0.15, 0.2) is 0 Å². The monoisotopic (exact) mass is 254 g/mol. The van der Waals surface area contributed by atoms with Crippen molar-refractivity contribution in [3.63, 3.8) is 0 Å². The minimum Gasteiger partial charge on any atom is -0.393 e. The molecule has 4 heteroatoms. The van der Waals surface area contributed by atoms with Gasteiger partial charge in [-0.15, -0.1) is 0 Å². The average molecular weight is 254 g/mol. The highest BCUT2D eigenvalue weighted by atomic mass is 16.3. The van der Waals surface area contributed by atoms with E-state index >= 15 is 0 Å². The number of rotatable bonds is 2. The Kier molecular flexibility index (Phi) is 4.28. The summed E-state index contributed by atoms with van der Waals surface area (Å²) in [5.41, 5.74) is 6.06. The Labute approximate surface area is 110 Å². The van der Waals surface area contributed by atoms with Crippen LogP contribution in [0.5, 0.6) is 0 Å². The zero-order valence-corrected chi connectivity index (χ0v) is 11.4. The Morgan fingerprint density at radius 1 is 1.39 bits per heavy atom. The van der Waals surface area contributed by atoms with Gasteiger partial charge in [0, 0.05) is 25.0 Å². The van der Waals surface area contributed by atoms with Gasteiger partial charge in [-0.3, -0.25) is 4.79 Å². The minimum atomic E-state index is -0.269.